The summed E-state index contributed by atoms with van der Waals surface area (Å²) in [4.78, 5) is 3.82. The Balaban J connectivity index is 3.04. The van der Waals surface area contributed by atoms with Gasteiger partial charge < -0.3 is 0 Å². The Morgan fingerprint density at radius 3 is 2.73 bits per heavy atom. The van der Waals surface area contributed by atoms with Crippen molar-refractivity contribution in [1.29, 1.82) is 0 Å². The third-order valence-corrected chi connectivity index (χ3v) is 3.16. The van der Waals surface area contributed by atoms with E-state index in [9.17, 15) is 8.78 Å². The van der Waals surface area contributed by atoms with Crippen molar-refractivity contribution in [1.82, 2.24) is 4.98 Å². The molecule has 15 heavy (non-hydrogen) atoms. The molecule has 0 aliphatic rings. The minimum Gasteiger partial charge on any atom is -0.253 e. The number of pyridine rings is 1. The SMILES string of the molecule is Cc1cnc2c(F)cc(Br)c(F)c2c1Cl. The number of nitrogens with zero attached hydrogens (tertiary/aromatic N) is 1. The van der Waals surface area contributed by atoms with Crippen molar-refractivity contribution < 1.29 is 8.78 Å². The van der Waals surface area contributed by atoms with Gasteiger partial charge in [0.05, 0.1) is 14.9 Å². The maximum Gasteiger partial charge on any atom is 0.150 e. The highest BCUT2D eigenvalue weighted by Gasteiger charge is 2.15. The maximum atomic E-state index is 13.7. The number of aryl methyl sites for hydroxylation is 1. The van der Waals surface area contributed by atoms with Gasteiger partial charge in [0, 0.05) is 6.20 Å². The van der Waals surface area contributed by atoms with Gasteiger partial charge in [0.25, 0.3) is 0 Å². The van der Waals surface area contributed by atoms with E-state index >= 15 is 0 Å². The average Bonchev–Trinajstić information content (AvgIpc) is 2.19. The maximum absolute atomic E-state index is 13.7. The van der Waals surface area contributed by atoms with E-state index in [0.29, 0.717) is 5.56 Å². The fourth-order valence-corrected chi connectivity index (χ4v) is 1.95. The summed E-state index contributed by atoms with van der Waals surface area (Å²) in [6, 6.07) is 1.04. The Labute approximate surface area is 98.2 Å². The Kier molecular flexibility index (Phi) is 2.64. The van der Waals surface area contributed by atoms with Gasteiger partial charge in [-0.1, -0.05) is 11.6 Å². The average molecular weight is 293 g/mol. The quantitative estimate of drug-likeness (QED) is 0.662. The van der Waals surface area contributed by atoms with Gasteiger partial charge in [0.1, 0.15) is 11.3 Å². The Hall–Kier alpha value is -0.740. The Bertz CT molecular complexity index is 549. The van der Waals surface area contributed by atoms with Crippen LogP contribution in [0, 0.1) is 18.6 Å². The number of halogens is 4. The second-order valence-corrected chi connectivity index (χ2v) is 4.37. The zero-order valence-corrected chi connectivity index (χ0v) is 9.96. The minimum absolute atomic E-state index is 0.0172. The molecule has 1 heterocycles. The normalized spacial score (nSPS) is 11.0. The molecular formula is C10H5BrClF2N. The van der Waals surface area contributed by atoms with Crippen LogP contribution in [0.4, 0.5) is 8.78 Å². The van der Waals surface area contributed by atoms with Crippen LogP contribution in [0.25, 0.3) is 10.9 Å². The van der Waals surface area contributed by atoms with E-state index < -0.39 is 11.6 Å². The Morgan fingerprint density at radius 2 is 2.07 bits per heavy atom. The van der Waals surface area contributed by atoms with E-state index in [1.54, 1.807) is 6.92 Å². The van der Waals surface area contributed by atoms with Gasteiger partial charge in [0.2, 0.25) is 0 Å². The topological polar surface area (TPSA) is 12.9 Å². The van der Waals surface area contributed by atoms with E-state index in [1.807, 2.05) is 0 Å². The molecule has 1 aromatic heterocycles. The lowest BCUT2D eigenvalue weighted by Gasteiger charge is -2.06. The molecule has 0 N–H and O–H groups in total. The smallest absolute Gasteiger partial charge is 0.150 e. The second-order valence-electron chi connectivity index (χ2n) is 3.13. The van der Waals surface area contributed by atoms with Gasteiger partial charge in [-0.25, -0.2) is 8.78 Å². The van der Waals surface area contributed by atoms with Crippen LogP contribution < -0.4 is 0 Å². The lowest BCUT2D eigenvalue weighted by atomic mass is 10.1. The van der Waals surface area contributed by atoms with Gasteiger partial charge in [-0.05, 0) is 34.5 Å². The van der Waals surface area contributed by atoms with Crippen molar-refractivity contribution in [2.75, 3.05) is 0 Å². The first kappa shape index (κ1) is 10.8. The minimum atomic E-state index is -0.597. The number of fused-ring (bicyclic) bond motifs is 1. The van der Waals surface area contributed by atoms with Crippen molar-refractivity contribution in [2.24, 2.45) is 0 Å². The second kappa shape index (κ2) is 3.68. The molecule has 0 bridgehead atoms. The summed E-state index contributed by atoms with van der Waals surface area (Å²) in [7, 11) is 0. The molecule has 0 aliphatic carbocycles. The van der Waals surface area contributed by atoms with Crippen LogP contribution in [0.2, 0.25) is 5.02 Å². The van der Waals surface area contributed by atoms with Crippen LogP contribution in [0.5, 0.6) is 0 Å². The largest absolute Gasteiger partial charge is 0.253 e. The van der Waals surface area contributed by atoms with Crippen LogP contribution >= 0.6 is 27.5 Å². The molecule has 0 amide bonds. The molecule has 0 atom stereocenters. The van der Waals surface area contributed by atoms with E-state index in [2.05, 4.69) is 20.9 Å². The van der Waals surface area contributed by atoms with Crippen molar-refractivity contribution in [3.63, 3.8) is 0 Å². The molecule has 0 saturated heterocycles. The molecule has 0 aliphatic heterocycles. The highest BCUT2D eigenvalue weighted by atomic mass is 79.9. The van der Waals surface area contributed by atoms with E-state index in [1.165, 1.54) is 6.20 Å². The zero-order chi connectivity index (χ0) is 11.2. The molecule has 0 saturated carbocycles. The van der Waals surface area contributed by atoms with Gasteiger partial charge in [-0.2, -0.15) is 0 Å². The number of rotatable bonds is 0. The molecule has 5 heteroatoms. The summed E-state index contributed by atoms with van der Waals surface area (Å²) >= 11 is 8.83. The first-order valence-electron chi connectivity index (χ1n) is 4.10. The zero-order valence-electron chi connectivity index (χ0n) is 7.61. The van der Waals surface area contributed by atoms with Gasteiger partial charge in [-0.3, -0.25) is 4.98 Å². The van der Waals surface area contributed by atoms with Crippen molar-refractivity contribution in [2.45, 2.75) is 6.92 Å². The molecule has 0 spiro atoms. The van der Waals surface area contributed by atoms with E-state index in [4.69, 9.17) is 11.6 Å². The molecule has 1 aromatic carbocycles. The monoisotopic (exact) mass is 291 g/mol. The van der Waals surface area contributed by atoms with Crippen LogP contribution in [-0.2, 0) is 0 Å². The summed E-state index contributed by atoms with van der Waals surface area (Å²) in [6.45, 7) is 1.69. The molecule has 0 fully saturated rings. The summed E-state index contributed by atoms with van der Waals surface area (Å²) < 4.78 is 27.1. The summed E-state index contributed by atoms with van der Waals surface area (Å²) in [5.41, 5.74) is 0.562. The predicted molar refractivity (Wildman–Crippen MR) is 59.1 cm³/mol. The van der Waals surface area contributed by atoms with E-state index in [0.717, 1.165) is 6.07 Å². The fourth-order valence-electron chi connectivity index (χ4n) is 1.33. The molecule has 0 unspecified atom stereocenters. The third kappa shape index (κ3) is 1.62. The van der Waals surface area contributed by atoms with Crippen molar-refractivity contribution in [3.05, 3.63) is 39.0 Å². The van der Waals surface area contributed by atoms with E-state index in [-0.39, 0.29) is 20.4 Å². The fraction of sp³-hybridized carbons (Fsp3) is 0.100. The van der Waals surface area contributed by atoms with Crippen LogP contribution in [-0.4, -0.2) is 4.98 Å². The number of hydrogen-bond donors (Lipinski definition) is 0. The highest BCUT2D eigenvalue weighted by Crippen LogP contribution is 2.32. The Morgan fingerprint density at radius 1 is 1.40 bits per heavy atom. The van der Waals surface area contributed by atoms with Crippen LogP contribution in [0.3, 0.4) is 0 Å². The summed E-state index contributed by atoms with van der Waals surface area (Å²) in [5.74, 6) is -1.19. The standard InChI is InChI=1S/C10H5BrClF2N/c1-4-3-15-10-6(13)2-5(11)9(14)7(10)8(4)12/h2-3H,1H3. The van der Waals surface area contributed by atoms with Crippen molar-refractivity contribution in [3.8, 4) is 0 Å². The molecule has 78 valence electrons. The highest BCUT2D eigenvalue weighted by molar-refractivity contribution is 9.10. The lowest BCUT2D eigenvalue weighted by Crippen LogP contribution is -1.92. The lowest BCUT2D eigenvalue weighted by molar-refractivity contribution is 0.610. The molecular weight excluding hydrogens is 287 g/mol. The number of hydrogen-bond acceptors (Lipinski definition) is 1. The van der Waals surface area contributed by atoms with Gasteiger partial charge in [0.15, 0.2) is 5.82 Å². The summed E-state index contributed by atoms with van der Waals surface area (Å²) in [6.07, 6.45) is 1.42. The molecule has 0 radical (unpaired) electrons. The molecule has 1 nitrogen and oxygen atoms in total. The first-order valence-corrected chi connectivity index (χ1v) is 5.27. The predicted octanol–water partition coefficient (Wildman–Crippen LogP) is 4.24. The molecule has 2 aromatic rings. The van der Waals surface area contributed by atoms with Crippen molar-refractivity contribution >= 4 is 38.4 Å². The first-order chi connectivity index (χ1) is 7.02. The van der Waals surface area contributed by atoms with Gasteiger partial charge in [-0.15, -0.1) is 0 Å². The third-order valence-electron chi connectivity index (χ3n) is 2.10. The summed E-state index contributed by atoms with van der Waals surface area (Å²) in [5, 5.41) is 0.209. The van der Waals surface area contributed by atoms with Crippen LogP contribution in [0.15, 0.2) is 16.7 Å². The van der Waals surface area contributed by atoms with Gasteiger partial charge >= 0.3 is 0 Å². The van der Waals surface area contributed by atoms with Crippen LogP contribution in [0.1, 0.15) is 5.56 Å². The molecule has 2 rings (SSSR count). The number of aromatic nitrogens is 1. The number of benzene rings is 1.